The van der Waals surface area contributed by atoms with Crippen molar-refractivity contribution in [2.45, 2.75) is 71.4 Å². The van der Waals surface area contributed by atoms with Crippen molar-refractivity contribution in [3.05, 3.63) is 0 Å². The molecule has 0 radical (unpaired) electrons. The first-order valence-electron chi connectivity index (χ1n) is 7.47. The molecule has 19 heavy (non-hydrogen) atoms. The van der Waals surface area contributed by atoms with Crippen molar-refractivity contribution in [2.24, 2.45) is 5.41 Å². The Morgan fingerprint density at radius 2 is 1.84 bits per heavy atom. The molecule has 0 unspecified atom stereocenters. The standard InChI is InChI=1S/C16H31NO2/c1-15(2)10-7-13(8-11-15)17(5)12-9-14(18)16(3,4)19-6/h13H,7-12H2,1-6H3. The number of rotatable bonds is 6. The predicted molar refractivity (Wildman–Crippen MR) is 79.4 cm³/mol. The molecule has 0 aromatic rings. The lowest BCUT2D eigenvalue weighted by molar-refractivity contribution is -0.137. The summed E-state index contributed by atoms with van der Waals surface area (Å²) in [6, 6.07) is 0.645. The summed E-state index contributed by atoms with van der Waals surface area (Å²) in [6.07, 6.45) is 5.67. The Kier molecular flexibility index (Phi) is 5.57. The first-order chi connectivity index (χ1) is 8.68. The van der Waals surface area contributed by atoms with Crippen molar-refractivity contribution < 1.29 is 9.53 Å². The Hall–Kier alpha value is -0.410. The minimum absolute atomic E-state index is 0.193. The molecule has 0 heterocycles. The summed E-state index contributed by atoms with van der Waals surface area (Å²) >= 11 is 0. The third-order valence-electron chi connectivity index (χ3n) is 4.81. The molecule has 1 fully saturated rings. The quantitative estimate of drug-likeness (QED) is 0.741. The van der Waals surface area contributed by atoms with Crippen molar-refractivity contribution in [1.82, 2.24) is 4.90 Å². The van der Waals surface area contributed by atoms with E-state index >= 15 is 0 Å². The third-order valence-corrected chi connectivity index (χ3v) is 4.81. The van der Waals surface area contributed by atoms with Gasteiger partial charge in [0.25, 0.3) is 0 Å². The van der Waals surface area contributed by atoms with Crippen molar-refractivity contribution in [2.75, 3.05) is 20.7 Å². The zero-order chi connectivity index (χ0) is 14.7. The summed E-state index contributed by atoms with van der Waals surface area (Å²) in [5, 5.41) is 0. The van der Waals surface area contributed by atoms with Gasteiger partial charge in [-0.3, -0.25) is 4.79 Å². The van der Waals surface area contributed by atoms with Gasteiger partial charge in [-0.05, 0) is 52.0 Å². The highest BCUT2D eigenvalue weighted by molar-refractivity contribution is 5.86. The van der Waals surface area contributed by atoms with E-state index in [9.17, 15) is 4.79 Å². The molecule has 1 rings (SSSR count). The topological polar surface area (TPSA) is 29.5 Å². The van der Waals surface area contributed by atoms with Gasteiger partial charge >= 0.3 is 0 Å². The second-order valence-corrected chi connectivity index (χ2v) is 7.26. The number of hydrogen-bond donors (Lipinski definition) is 0. The lowest BCUT2D eigenvalue weighted by Gasteiger charge is -2.38. The fourth-order valence-electron chi connectivity index (χ4n) is 2.70. The fraction of sp³-hybridized carbons (Fsp3) is 0.938. The SMILES string of the molecule is COC(C)(C)C(=O)CCN(C)C1CCC(C)(C)CC1. The molecule has 0 atom stereocenters. The van der Waals surface area contributed by atoms with Gasteiger partial charge in [-0.25, -0.2) is 0 Å². The Balaban J connectivity index is 2.36. The molecular formula is C16H31NO2. The van der Waals surface area contributed by atoms with E-state index in [0.717, 1.165) is 6.54 Å². The number of hydrogen-bond acceptors (Lipinski definition) is 3. The van der Waals surface area contributed by atoms with Crippen LogP contribution in [0.3, 0.4) is 0 Å². The summed E-state index contributed by atoms with van der Waals surface area (Å²) in [5.74, 6) is 0.193. The van der Waals surface area contributed by atoms with Crippen molar-refractivity contribution in [1.29, 1.82) is 0 Å². The molecule has 1 saturated carbocycles. The Bertz CT molecular complexity index is 300. The minimum atomic E-state index is -0.643. The third kappa shape index (κ3) is 4.88. The smallest absolute Gasteiger partial charge is 0.165 e. The van der Waals surface area contributed by atoms with Crippen LogP contribution < -0.4 is 0 Å². The number of carbonyl (C=O) groups excluding carboxylic acids is 1. The van der Waals surface area contributed by atoms with Crippen LogP contribution in [-0.2, 0) is 9.53 Å². The van der Waals surface area contributed by atoms with Gasteiger partial charge in [0.1, 0.15) is 5.60 Å². The molecule has 0 aromatic heterocycles. The van der Waals surface area contributed by atoms with Crippen molar-refractivity contribution in [3.8, 4) is 0 Å². The minimum Gasteiger partial charge on any atom is -0.371 e. The predicted octanol–water partition coefficient (Wildman–Crippen LogP) is 3.27. The van der Waals surface area contributed by atoms with Gasteiger partial charge in [0.05, 0.1) is 0 Å². The van der Waals surface area contributed by atoms with E-state index in [-0.39, 0.29) is 5.78 Å². The number of nitrogens with zero attached hydrogens (tertiary/aromatic N) is 1. The summed E-state index contributed by atoms with van der Waals surface area (Å²) in [7, 11) is 3.75. The van der Waals surface area contributed by atoms with Gasteiger partial charge in [-0.1, -0.05) is 13.8 Å². The van der Waals surface area contributed by atoms with Gasteiger partial charge in [0.2, 0.25) is 0 Å². The molecule has 0 amide bonds. The molecule has 1 aliphatic carbocycles. The van der Waals surface area contributed by atoms with Crippen LogP contribution in [0.1, 0.15) is 59.8 Å². The van der Waals surface area contributed by atoms with E-state index < -0.39 is 5.60 Å². The van der Waals surface area contributed by atoms with Crippen LogP contribution in [0.2, 0.25) is 0 Å². The average Bonchev–Trinajstić information content (AvgIpc) is 2.35. The highest BCUT2D eigenvalue weighted by atomic mass is 16.5. The molecule has 0 bridgehead atoms. The van der Waals surface area contributed by atoms with Crippen LogP contribution in [0.5, 0.6) is 0 Å². The van der Waals surface area contributed by atoms with Crippen LogP contribution in [0, 0.1) is 5.41 Å². The lowest BCUT2D eigenvalue weighted by atomic mass is 9.75. The molecule has 3 nitrogen and oxygen atoms in total. The molecule has 0 spiro atoms. The monoisotopic (exact) mass is 269 g/mol. The van der Waals surface area contributed by atoms with E-state index in [1.165, 1.54) is 25.7 Å². The van der Waals surface area contributed by atoms with E-state index in [1.807, 2.05) is 13.8 Å². The van der Waals surface area contributed by atoms with Gasteiger partial charge in [-0.15, -0.1) is 0 Å². The summed E-state index contributed by atoms with van der Waals surface area (Å²) in [5.41, 5.74) is -0.138. The molecule has 0 saturated heterocycles. The highest BCUT2D eigenvalue weighted by Crippen LogP contribution is 2.36. The van der Waals surface area contributed by atoms with E-state index in [1.54, 1.807) is 7.11 Å². The fourth-order valence-corrected chi connectivity index (χ4v) is 2.70. The normalized spacial score (nSPS) is 20.8. The van der Waals surface area contributed by atoms with E-state index in [0.29, 0.717) is 17.9 Å². The number of methoxy groups -OCH3 is 1. The van der Waals surface area contributed by atoms with Crippen molar-refractivity contribution >= 4 is 5.78 Å². The molecule has 0 aromatic carbocycles. The molecule has 0 aliphatic heterocycles. The van der Waals surface area contributed by atoms with E-state index in [4.69, 9.17) is 4.74 Å². The van der Waals surface area contributed by atoms with Gasteiger partial charge in [0, 0.05) is 26.1 Å². The molecule has 0 N–H and O–H groups in total. The number of ether oxygens (including phenoxy) is 1. The maximum Gasteiger partial charge on any atom is 0.165 e. The summed E-state index contributed by atoms with van der Waals surface area (Å²) in [6.45, 7) is 9.25. The largest absolute Gasteiger partial charge is 0.371 e. The van der Waals surface area contributed by atoms with Crippen LogP contribution in [0.15, 0.2) is 0 Å². The summed E-state index contributed by atoms with van der Waals surface area (Å²) in [4.78, 5) is 14.4. The zero-order valence-electron chi connectivity index (χ0n) is 13.6. The van der Waals surface area contributed by atoms with Crippen LogP contribution in [0.25, 0.3) is 0 Å². The van der Waals surface area contributed by atoms with Crippen molar-refractivity contribution in [3.63, 3.8) is 0 Å². The Morgan fingerprint density at radius 3 is 2.32 bits per heavy atom. The lowest BCUT2D eigenvalue weighted by Crippen LogP contribution is -2.40. The molecular weight excluding hydrogens is 238 g/mol. The number of carbonyl (C=O) groups is 1. The Morgan fingerprint density at radius 1 is 1.32 bits per heavy atom. The van der Waals surface area contributed by atoms with Crippen LogP contribution in [0.4, 0.5) is 0 Å². The van der Waals surface area contributed by atoms with Gasteiger partial charge in [0.15, 0.2) is 5.78 Å². The average molecular weight is 269 g/mol. The second kappa shape index (κ2) is 6.36. The Labute approximate surface area is 118 Å². The molecule has 112 valence electrons. The first-order valence-corrected chi connectivity index (χ1v) is 7.47. The maximum atomic E-state index is 12.0. The molecule has 1 aliphatic rings. The number of Topliss-reactive ketones (excluding diaryl/α,β-unsaturated/α-hetero) is 1. The van der Waals surface area contributed by atoms with Crippen LogP contribution in [-0.4, -0.2) is 43.0 Å². The summed E-state index contributed by atoms with van der Waals surface area (Å²) < 4.78 is 5.24. The second-order valence-electron chi connectivity index (χ2n) is 7.26. The van der Waals surface area contributed by atoms with E-state index in [2.05, 4.69) is 25.8 Å². The highest BCUT2D eigenvalue weighted by Gasteiger charge is 2.30. The van der Waals surface area contributed by atoms with Crippen LogP contribution >= 0.6 is 0 Å². The van der Waals surface area contributed by atoms with Gasteiger partial charge < -0.3 is 9.64 Å². The zero-order valence-corrected chi connectivity index (χ0v) is 13.6. The van der Waals surface area contributed by atoms with Gasteiger partial charge in [-0.2, -0.15) is 0 Å². The maximum absolute atomic E-state index is 12.0. The first kappa shape index (κ1) is 16.6. The number of ketones is 1. The molecule has 3 heteroatoms.